The van der Waals surface area contributed by atoms with Crippen molar-refractivity contribution in [1.82, 2.24) is 15.0 Å². The number of hydrogen-bond donors (Lipinski definition) is 2. The lowest BCUT2D eigenvalue weighted by atomic mass is 10.1. The molecule has 0 amide bonds. The molecule has 2 aromatic carbocycles. The van der Waals surface area contributed by atoms with Gasteiger partial charge < -0.3 is 14.9 Å². The first-order valence-corrected chi connectivity index (χ1v) is 8.13. The minimum Gasteiger partial charge on any atom is -0.506 e. The molecule has 1 heterocycles. The number of carbonyl (C=O) groups excluding carboxylic acids is 1. The number of nitrogens with zero attached hydrogens (tertiary/aromatic N) is 3. The minimum absolute atomic E-state index is 0.0243. The van der Waals surface area contributed by atoms with Crippen LogP contribution in [-0.4, -0.2) is 37.5 Å². The van der Waals surface area contributed by atoms with E-state index in [1.54, 1.807) is 18.2 Å². The van der Waals surface area contributed by atoms with E-state index in [-0.39, 0.29) is 17.7 Å². The Morgan fingerprint density at radius 3 is 2.46 bits per heavy atom. The zero-order valence-electron chi connectivity index (χ0n) is 14.3. The number of aromatic nitrogens is 3. The van der Waals surface area contributed by atoms with Gasteiger partial charge in [0.25, 0.3) is 0 Å². The van der Waals surface area contributed by atoms with Crippen molar-refractivity contribution < 1.29 is 19.7 Å². The number of aromatic hydroxyl groups is 1. The van der Waals surface area contributed by atoms with E-state index >= 15 is 0 Å². The highest BCUT2D eigenvalue weighted by Gasteiger charge is 2.13. The topological polar surface area (TPSA) is 97.5 Å². The average Bonchev–Trinajstić information content (AvgIpc) is 3.03. The van der Waals surface area contributed by atoms with Crippen molar-refractivity contribution in [2.24, 2.45) is 0 Å². The fourth-order valence-electron chi connectivity index (χ4n) is 2.43. The van der Waals surface area contributed by atoms with E-state index < -0.39 is 12.3 Å². The van der Waals surface area contributed by atoms with Gasteiger partial charge in [-0.3, -0.25) is 0 Å². The van der Waals surface area contributed by atoms with Gasteiger partial charge in [-0.2, -0.15) is 0 Å². The molecule has 0 saturated heterocycles. The molecule has 0 bridgehead atoms. The fraction of sp³-hybridized carbons (Fsp3) is 0.211. The SMILES string of the molecule is C=C(C)C(=O)OC(O)CCc1ccc(-n2nc3ccccc3n2)c(O)c1. The van der Waals surface area contributed by atoms with Crippen LogP contribution < -0.4 is 0 Å². The van der Waals surface area contributed by atoms with Crippen molar-refractivity contribution in [3.63, 3.8) is 0 Å². The molecule has 0 aliphatic heterocycles. The quantitative estimate of drug-likeness (QED) is 0.401. The fourth-order valence-corrected chi connectivity index (χ4v) is 2.43. The largest absolute Gasteiger partial charge is 0.506 e. The van der Waals surface area contributed by atoms with Gasteiger partial charge in [0.2, 0.25) is 6.29 Å². The summed E-state index contributed by atoms with van der Waals surface area (Å²) in [5.74, 6) is -0.608. The van der Waals surface area contributed by atoms with Crippen LogP contribution in [-0.2, 0) is 16.0 Å². The van der Waals surface area contributed by atoms with Crippen LogP contribution in [0, 0.1) is 0 Å². The van der Waals surface area contributed by atoms with Crippen LogP contribution >= 0.6 is 0 Å². The summed E-state index contributed by atoms with van der Waals surface area (Å²) in [5, 5.41) is 28.7. The number of rotatable bonds is 6. The maximum Gasteiger partial charge on any atom is 0.335 e. The number of phenols is 1. The van der Waals surface area contributed by atoms with E-state index in [0.717, 1.165) is 16.6 Å². The normalized spacial score (nSPS) is 12.1. The van der Waals surface area contributed by atoms with Gasteiger partial charge >= 0.3 is 5.97 Å². The van der Waals surface area contributed by atoms with Gasteiger partial charge in [-0.15, -0.1) is 15.0 Å². The van der Waals surface area contributed by atoms with Crippen molar-refractivity contribution >= 4 is 17.0 Å². The molecule has 134 valence electrons. The van der Waals surface area contributed by atoms with E-state index in [1.165, 1.54) is 11.7 Å². The van der Waals surface area contributed by atoms with E-state index in [0.29, 0.717) is 12.1 Å². The number of phenolic OH excluding ortho intramolecular Hbond substituents is 1. The first kappa shape index (κ1) is 17.6. The number of aliphatic hydroxyl groups excluding tert-OH is 1. The monoisotopic (exact) mass is 353 g/mol. The highest BCUT2D eigenvalue weighted by molar-refractivity contribution is 5.87. The second-order valence-electron chi connectivity index (χ2n) is 5.98. The highest BCUT2D eigenvalue weighted by atomic mass is 16.6. The molecule has 3 aromatic rings. The standard InChI is InChI=1S/C19H19N3O4/c1-12(2)19(25)26-18(24)10-8-13-7-9-16(17(23)11-13)22-20-14-5-3-4-6-15(14)21-22/h3-7,9,11,18,23-24H,1,8,10H2,2H3. The predicted molar refractivity (Wildman–Crippen MR) is 95.8 cm³/mol. The van der Waals surface area contributed by atoms with Gasteiger partial charge in [0.05, 0.1) is 0 Å². The number of ether oxygens (including phenoxy) is 1. The van der Waals surface area contributed by atoms with Gasteiger partial charge in [0, 0.05) is 12.0 Å². The Hall–Kier alpha value is -3.19. The lowest BCUT2D eigenvalue weighted by molar-refractivity contribution is -0.163. The van der Waals surface area contributed by atoms with Crippen molar-refractivity contribution in [2.45, 2.75) is 26.1 Å². The van der Waals surface area contributed by atoms with Crippen molar-refractivity contribution in [3.05, 3.63) is 60.2 Å². The summed E-state index contributed by atoms with van der Waals surface area (Å²) < 4.78 is 4.82. The predicted octanol–water partition coefficient (Wildman–Crippen LogP) is 2.50. The first-order chi connectivity index (χ1) is 12.4. The van der Waals surface area contributed by atoms with Gasteiger partial charge in [-0.1, -0.05) is 24.8 Å². The highest BCUT2D eigenvalue weighted by Crippen LogP contribution is 2.24. The molecule has 0 fully saturated rings. The molecular weight excluding hydrogens is 334 g/mol. The van der Waals surface area contributed by atoms with Crippen molar-refractivity contribution in [3.8, 4) is 11.4 Å². The molecule has 1 atom stereocenters. The smallest absolute Gasteiger partial charge is 0.335 e. The van der Waals surface area contributed by atoms with Crippen LogP contribution in [0.15, 0.2) is 54.6 Å². The third kappa shape index (κ3) is 3.89. The van der Waals surface area contributed by atoms with Crippen LogP contribution in [0.25, 0.3) is 16.7 Å². The minimum atomic E-state index is -1.22. The molecule has 0 aliphatic rings. The van der Waals surface area contributed by atoms with Crippen LogP contribution in [0.4, 0.5) is 0 Å². The molecule has 1 unspecified atom stereocenters. The first-order valence-electron chi connectivity index (χ1n) is 8.13. The molecular formula is C19H19N3O4. The Morgan fingerprint density at radius 2 is 1.88 bits per heavy atom. The average molecular weight is 353 g/mol. The molecule has 7 nitrogen and oxygen atoms in total. The van der Waals surface area contributed by atoms with Crippen LogP contribution in [0.3, 0.4) is 0 Å². The van der Waals surface area contributed by atoms with Gasteiger partial charge in [0.1, 0.15) is 22.5 Å². The molecule has 0 aliphatic carbocycles. The van der Waals surface area contributed by atoms with Crippen molar-refractivity contribution in [2.75, 3.05) is 0 Å². The molecule has 1 aromatic heterocycles. The number of esters is 1. The summed E-state index contributed by atoms with van der Waals surface area (Å²) in [5.41, 5.74) is 2.94. The molecule has 0 radical (unpaired) electrons. The van der Waals surface area contributed by atoms with E-state index in [9.17, 15) is 15.0 Å². The second-order valence-corrected chi connectivity index (χ2v) is 5.98. The van der Waals surface area contributed by atoms with E-state index in [1.807, 2.05) is 24.3 Å². The third-order valence-electron chi connectivity index (χ3n) is 3.81. The number of carbonyl (C=O) groups is 1. The van der Waals surface area contributed by atoms with E-state index in [4.69, 9.17) is 4.74 Å². The summed E-state index contributed by atoms with van der Waals surface area (Å²) in [6.45, 7) is 4.97. The number of aryl methyl sites for hydroxylation is 1. The van der Waals surface area contributed by atoms with E-state index in [2.05, 4.69) is 16.8 Å². The lowest BCUT2D eigenvalue weighted by Gasteiger charge is -2.12. The maximum absolute atomic E-state index is 11.4. The number of aliphatic hydroxyl groups is 1. The van der Waals surface area contributed by atoms with Crippen molar-refractivity contribution in [1.29, 1.82) is 0 Å². The lowest BCUT2D eigenvalue weighted by Crippen LogP contribution is -2.18. The molecule has 2 N–H and O–H groups in total. The molecule has 0 saturated carbocycles. The zero-order chi connectivity index (χ0) is 18.7. The summed E-state index contributed by atoms with van der Waals surface area (Å²) in [6.07, 6.45) is -0.589. The third-order valence-corrected chi connectivity index (χ3v) is 3.81. The Labute approximate surface area is 150 Å². The molecule has 0 spiro atoms. The maximum atomic E-state index is 11.4. The summed E-state index contributed by atoms with van der Waals surface area (Å²) >= 11 is 0. The Bertz CT molecular complexity index is 931. The number of hydrogen-bond acceptors (Lipinski definition) is 6. The van der Waals surface area contributed by atoms with Crippen LogP contribution in [0.5, 0.6) is 5.75 Å². The summed E-state index contributed by atoms with van der Waals surface area (Å²) in [4.78, 5) is 12.7. The number of fused-ring (bicyclic) bond motifs is 1. The Kier molecular flexibility index (Phi) is 4.99. The summed E-state index contributed by atoms with van der Waals surface area (Å²) in [7, 11) is 0. The van der Waals surface area contributed by atoms with Gasteiger partial charge in [0.15, 0.2) is 0 Å². The Balaban J connectivity index is 1.69. The second kappa shape index (κ2) is 7.37. The Morgan fingerprint density at radius 1 is 1.23 bits per heavy atom. The molecule has 3 rings (SSSR count). The number of benzene rings is 2. The van der Waals surface area contributed by atoms with Crippen LogP contribution in [0.2, 0.25) is 0 Å². The van der Waals surface area contributed by atoms with Gasteiger partial charge in [-0.25, -0.2) is 4.79 Å². The summed E-state index contributed by atoms with van der Waals surface area (Å²) in [6, 6.07) is 12.5. The van der Waals surface area contributed by atoms with Gasteiger partial charge in [-0.05, 0) is 43.2 Å². The molecule has 26 heavy (non-hydrogen) atoms. The van der Waals surface area contributed by atoms with Crippen LogP contribution in [0.1, 0.15) is 18.9 Å². The molecule has 7 heteroatoms. The zero-order valence-corrected chi connectivity index (χ0v) is 14.3.